The molecule has 24 heavy (non-hydrogen) atoms. The maximum absolute atomic E-state index is 12.4. The fourth-order valence-electron chi connectivity index (χ4n) is 3.11. The minimum atomic E-state index is -0.376. The Balaban J connectivity index is 2.30. The van der Waals surface area contributed by atoms with Crippen LogP contribution in [0.5, 0.6) is 0 Å². The summed E-state index contributed by atoms with van der Waals surface area (Å²) in [6.07, 6.45) is 3.20. The van der Waals surface area contributed by atoms with Crippen molar-refractivity contribution in [1.82, 2.24) is 9.13 Å². The van der Waals surface area contributed by atoms with Gasteiger partial charge in [0.25, 0.3) is 22.2 Å². The van der Waals surface area contributed by atoms with Crippen LogP contribution in [0.25, 0.3) is 21.5 Å². The minimum Gasteiger partial charge on any atom is -0.274 e. The van der Waals surface area contributed by atoms with Gasteiger partial charge in [-0.25, -0.2) is 0 Å². The van der Waals surface area contributed by atoms with Gasteiger partial charge >= 0.3 is 0 Å². The van der Waals surface area contributed by atoms with Crippen LogP contribution in [-0.2, 0) is 13.1 Å². The first kappa shape index (κ1) is 16.4. The number of unbranched alkanes of at least 4 members (excludes halogenated alkanes) is 2. The summed E-state index contributed by atoms with van der Waals surface area (Å²) in [4.78, 5) is 49.8. The third-order valence-corrected chi connectivity index (χ3v) is 4.53. The average Bonchev–Trinajstić information content (AvgIpc) is 2.95. The van der Waals surface area contributed by atoms with Gasteiger partial charge in [-0.2, -0.15) is 0 Å². The molecule has 3 rings (SSSR count). The fourth-order valence-corrected chi connectivity index (χ4v) is 3.11. The van der Waals surface area contributed by atoms with Crippen molar-refractivity contribution in [3.05, 3.63) is 53.5 Å². The van der Waals surface area contributed by atoms with E-state index in [9.17, 15) is 19.2 Å². The molecule has 2 heterocycles. The second-order valence-electron chi connectivity index (χ2n) is 6.17. The van der Waals surface area contributed by atoms with Crippen molar-refractivity contribution in [2.45, 2.75) is 52.6 Å². The molecule has 0 saturated heterocycles. The van der Waals surface area contributed by atoms with Crippen molar-refractivity contribution in [1.29, 1.82) is 0 Å². The molecule has 2 aromatic heterocycles. The SMILES string of the molecule is CCCCn1c(=O)c2cc3c(=O)n(CCCC)c(=O)c3cc2c1=O. The largest absolute Gasteiger partial charge is 0.274 e. The maximum atomic E-state index is 12.4. The van der Waals surface area contributed by atoms with E-state index in [0.29, 0.717) is 13.1 Å². The summed E-state index contributed by atoms with van der Waals surface area (Å²) in [6.45, 7) is 4.68. The number of fused-ring (bicyclic) bond motifs is 2. The van der Waals surface area contributed by atoms with Gasteiger partial charge in [-0.1, -0.05) is 26.7 Å². The monoisotopic (exact) mass is 328 g/mol. The summed E-state index contributed by atoms with van der Waals surface area (Å²) in [5.41, 5.74) is -1.51. The zero-order valence-corrected chi connectivity index (χ0v) is 13.9. The van der Waals surface area contributed by atoms with Gasteiger partial charge in [0.15, 0.2) is 0 Å². The summed E-state index contributed by atoms with van der Waals surface area (Å²) < 4.78 is 2.40. The van der Waals surface area contributed by atoms with Crippen molar-refractivity contribution >= 4 is 21.5 Å². The number of nitrogens with zero attached hydrogens (tertiary/aromatic N) is 2. The van der Waals surface area contributed by atoms with Crippen molar-refractivity contribution in [3.63, 3.8) is 0 Å². The van der Waals surface area contributed by atoms with Gasteiger partial charge in [0, 0.05) is 13.1 Å². The summed E-state index contributed by atoms with van der Waals surface area (Å²) in [5, 5.41) is 0.920. The Morgan fingerprint density at radius 1 is 0.625 bits per heavy atom. The maximum Gasteiger partial charge on any atom is 0.261 e. The van der Waals surface area contributed by atoms with Gasteiger partial charge in [0.05, 0.1) is 21.5 Å². The van der Waals surface area contributed by atoms with Gasteiger partial charge in [-0.3, -0.25) is 28.3 Å². The smallest absolute Gasteiger partial charge is 0.261 e. The molecule has 3 aromatic rings. The molecule has 0 unspecified atom stereocenters. The first-order valence-electron chi connectivity index (χ1n) is 8.41. The summed E-state index contributed by atoms with van der Waals surface area (Å²) in [6, 6.07) is 2.84. The number of hydrogen-bond acceptors (Lipinski definition) is 4. The summed E-state index contributed by atoms with van der Waals surface area (Å²) in [7, 11) is 0. The third-order valence-electron chi connectivity index (χ3n) is 4.53. The Morgan fingerprint density at radius 3 is 1.17 bits per heavy atom. The van der Waals surface area contributed by atoms with Crippen LogP contribution in [0, 0.1) is 0 Å². The number of benzene rings is 1. The van der Waals surface area contributed by atoms with Crippen LogP contribution in [-0.4, -0.2) is 9.13 Å². The summed E-state index contributed by atoms with van der Waals surface area (Å²) in [5.74, 6) is 0. The Labute approximate surface area is 137 Å². The number of hydrogen-bond donors (Lipinski definition) is 0. The molecular formula is C18H20N2O4. The fraction of sp³-hybridized carbons (Fsp3) is 0.444. The van der Waals surface area contributed by atoms with E-state index >= 15 is 0 Å². The molecule has 0 fully saturated rings. The lowest BCUT2D eigenvalue weighted by molar-refractivity contribution is 0.609. The first-order valence-corrected chi connectivity index (χ1v) is 8.41. The van der Waals surface area contributed by atoms with Crippen molar-refractivity contribution in [2.24, 2.45) is 0 Å². The van der Waals surface area contributed by atoms with E-state index in [1.54, 1.807) is 0 Å². The van der Waals surface area contributed by atoms with Crippen LogP contribution in [0.2, 0.25) is 0 Å². The molecule has 0 aliphatic rings. The third kappa shape index (κ3) is 2.33. The molecule has 0 amide bonds. The predicted octanol–water partition coefficient (Wildman–Crippen LogP) is 1.51. The van der Waals surface area contributed by atoms with Gasteiger partial charge in [-0.15, -0.1) is 0 Å². The molecule has 0 aliphatic carbocycles. The van der Waals surface area contributed by atoms with Crippen LogP contribution < -0.4 is 22.2 Å². The van der Waals surface area contributed by atoms with Crippen molar-refractivity contribution < 1.29 is 0 Å². The molecule has 0 spiro atoms. The lowest BCUT2D eigenvalue weighted by Crippen LogP contribution is -2.26. The molecule has 0 atom stereocenters. The molecule has 126 valence electrons. The quantitative estimate of drug-likeness (QED) is 0.687. The standard InChI is InChI=1S/C18H20N2O4/c1-3-5-7-19-15(21)11-9-13-14(10-12(11)16(19)22)18(24)20(17(13)23)8-6-4-2/h9-10H,3-8H2,1-2H3. The normalized spacial score (nSPS) is 11.8. The molecular weight excluding hydrogens is 308 g/mol. The van der Waals surface area contributed by atoms with E-state index in [-0.39, 0.29) is 43.8 Å². The number of aromatic nitrogens is 2. The van der Waals surface area contributed by atoms with E-state index in [2.05, 4.69) is 0 Å². The number of rotatable bonds is 6. The topological polar surface area (TPSA) is 78.1 Å². The highest BCUT2D eigenvalue weighted by Gasteiger charge is 2.18. The molecule has 0 aliphatic heterocycles. The molecule has 0 N–H and O–H groups in total. The van der Waals surface area contributed by atoms with Gasteiger partial charge in [0.1, 0.15) is 0 Å². The molecule has 6 nitrogen and oxygen atoms in total. The lowest BCUT2D eigenvalue weighted by atomic mass is 10.1. The second kappa shape index (κ2) is 6.19. The Kier molecular flexibility index (Phi) is 4.22. The van der Waals surface area contributed by atoms with Crippen molar-refractivity contribution in [2.75, 3.05) is 0 Å². The Morgan fingerprint density at radius 2 is 0.917 bits per heavy atom. The van der Waals surface area contributed by atoms with Crippen LogP contribution in [0.15, 0.2) is 31.3 Å². The lowest BCUT2D eigenvalue weighted by Gasteiger charge is -1.96. The van der Waals surface area contributed by atoms with E-state index in [1.807, 2.05) is 13.8 Å². The highest BCUT2D eigenvalue weighted by Crippen LogP contribution is 2.14. The van der Waals surface area contributed by atoms with E-state index in [4.69, 9.17) is 0 Å². The van der Waals surface area contributed by atoms with Crippen molar-refractivity contribution in [3.8, 4) is 0 Å². The van der Waals surface area contributed by atoms with E-state index in [0.717, 1.165) is 25.7 Å². The zero-order chi connectivity index (χ0) is 17.4. The van der Waals surface area contributed by atoms with E-state index in [1.165, 1.54) is 21.3 Å². The first-order chi connectivity index (χ1) is 11.5. The highest BCUT2D eigenvalue weighted by atomic mass is 16.2. The molecule has 0 saturated carbocycles. The molecule has 6 heteroatoms. The van der Waals surface area contributed by atoms with E-state index < -0.39 is 0 Å². The Bertz CT molecular complexity index is 946. The van der Waals surface area contributed by atoms with Crippen LogP contribution in [0.4, 0.5) is 0 Å². The molecule has 0 radical (unpaired) electrons. The van der Waals surface area contributed by atoms with Crippen LogP contribution in [0.1, 0.15) is 39.5 Å². The zero-order valence-electron chi connectivity index (χ0n) is 13.9. The summed E-state index contributed by atoms with van der Waals surface area (Å²) >= 11 is 0. The highest BCUT2D eigenvalue weighted by molar-refractivity contribution is 5.97. The average molecular weight is 328 g/mol. The van der Waals surface area contributed by atoms with Crippen LogP contribution in [0.3, 0.4) is 0 Å². The second-order valence-corrected chi connectivity index (χ2v) is 6.17. The molecule has 1 aromatic carbocycles. The van der Waals surface area contributed by atoms with Crippen LogP contribution >= 0.6 is 0 Å². The Hall–Kier alpha value is -2.50. The minimum absolute atomic E-state index is 0.230. The van der Waals surface area contributed by atoms with Gasteiger partial charge in [0.2, 0.25) is 0 Å². The predicted molar refractivity (Wildman–Crippen MR) is 94.7 cm³/mol. The van der Waals surface area contributed by atoms with Gasteiger partial charge < -0.3 is 0 Å². The molecule has 0 bridgehead atoms. The van der Waals surface area contributed by atoms with Gasteiger partial charge in [-0.05, 0) is 25.0 Å².